The van der Waals surface area contributed by atoms with Crippen molar-refractivity contribution in [2.45, 2.75) is 13.5 Å². The van der Waals surface area contributed by atoms with E-state index >= 15 is 0 Å². The van der Waals surface area contributed by atoms with Gasteiger partial charge in [-0.1, -0.05) is 30.3 Å². The summed E-state index contributed by atoms with van der Waals surface area (Å²) in [5.74, 6) is -0.948. The Kier molecular flexibility index (Phi) is 4.56. The maximum Gasteiger partial charge on any atom is 0.269 e. The van der Waals surface area contributed by atoms with Crippen LogP contribution in [0.5, 0.6) is 0 Å². The van der Waals surface area contributed by atoms with Crippen molar-refractivity contribution in [3.63, 3.8) is 0 Å². The highest BCUT2D eigenvalue weighted by molar-refractivity contribution is 5.96. The number of hydrazine groups is 1. The van der Waals surface area contributed by atoms with E-state index < -0.39 is 11.8 Å². The third-order valence-corrected chi connectivity index (χ3v) is 3.75. The summed E-state index contributed by atoms with van der Waals surface area (Å²) < 4.78 is 1.19. The molecule has 3 rings (SSSR count). The number of nitrogens with zero attached hydrogens (tertiary/aromatic N) is 2. The molecule has 3 aromatic rings. The van der Waals surface area contributed by atoms with E-state index in [0.29, 0.717) is 16.5 Å². The summed E-state index contributed by atoms with van der Waals surface area (Å²) in [6, 6.07) is 13.9. The van der Waals surface area contributed by atoms with Gasteiger partial charge in [-0.05, 0) is 30.7 Å². The predicted molar refractivity (Wildman–Crippen MR) is 92.8 cm³/mol. The first-order valence-corrected chi connectivity index (χ1v) is 7.65. The molecule has 1 aromatic heterocycles. The van der Waals surface area contributed by atoms with Gasteiger partial charge < -0.3 is 0 Å². The molecular formula is C18H16N4O3. The maximum atomic E-state index is 12.3. The second-order valence-corrected chi connectivity index (χ2v) is 5.51. The SMILES string of the molecule is Cc1ccccc1C(=O)NNC(=O)Cn1cnc2ccccc2c1=O. The molecule has 0 spiro atoms. The fourth-order valence-electron chi connectivity index (χ4n) is 2.43. The molecule has 0 unspecified atom stereocenters. The lowest BCUT2D eigenvalue weighted by Crippen LogP contribution is -2.44. The van der Waals surface area contributed by atoms with E-state index in [-0.39, 0.29) is 12.1 Å². The van der Waals surface area contributed by atoms with Gasteiger partial charge in [0.05, 0.1) is 17.2 Å². The highest BCUT2D eigenvalue weighted by Gasteiger charge is 2.11. The summed E-state index contributed by atoms with van der Waals surface area (Å²) in [5.41, 5.74) is 6.16. The molecule has 0 aliphatic heterocycles. The number of aromatic nitrogens is 2. The second-order valence-electron chi connectivity index (χ2n) is 5.51. The van der Waals surface area contributed by atoms with Crippen LogP contribution < -0.4 is 16.4 Å². The molecule has 0 aliphatic carbocycles. The Morgan fingerprint density at radius 3 is 2.56 bits per heavy atom. The standard InChI is InChI=1S/C18H16N4O3/c1-12-6-2-3-7-13(12)17(24)21-20-16(23)10-22-11-19-15-9-5-4-8-14(15)18(22)25/h2-9,11H,10H2,1H3,(H,20,23)(H,21,24). The van der Waals surface area contributed by atoms with Gasteiger partial charge in [-0.3, -0.25) is 29.8 Å². The van der Waals surface area contributed by atoms with Gasteiger partial charge >= 0.3 is 0 Å². The van der Waals surface area contributed by atoms with Crippen LogP contribution in [0.4, 0.5) is 0 Å². The molecule has 1 heterocycles. The predicted octanol–water partition coefficient (Wildman–Crippen LogP) is 1.17. The van der Waals surface area contributed by atoms with Gasteiger partial charge in [0.25, 0.3) is 17.4 Å². The Balaban J connectivity index is 1.67. The van der Waals surface area contributed by atoms with Crippen LogP contribution in [0.25, 0.3) is 10.9 Å². The average molecular weight is 336 g/mol. The van der Waals surface area contributed by atoms with E-state index in [4.69, 9.17) is 0 Å². The Hall–Kier alpha value is -3.48. The molecule has 0 aliphatic rings. The minimum absolute atomic E-state index is 0.245. The zero-order chi connectivity index (χ0) is 17.8. The van der Waals surface area contributed by atoms with Crippen molar-refractivity contribution in [1.29, 1.82) is 0 Å². The van der Waals surface area contributed by atoms with E-state index in [0.717, 1.165) is 5.56 Å². The van der Waals surface area contributed by atoms with Crippen molar-refractivity contribution in [2.24, 2.45) is 0 Å². The van der Waals surface area contributed by atoms with Gasteiger partial charge in [0.1, 0.15) is 6.54 Å². The van der Waals surface area contributed by atoms with Crippen LogP contribution in [0.1, 0.15) is 15.9 Å². The lowest BCUT2D eigenvalue weighted by Gasteiger charge is -2.10. The zero-order valence-electron chi connectivity index (χ0n) is 13.5. The number of hydrogen-bond acceptors (Lipinski definition) is 4. The highest BCUT2D eigenvalue weighted by Crippen LogP contribution is 2.06. The number of hydrogen-bond donors (Lipinski definition) is 2. The number of carbonyl (C=O) groups excluding carboxylic acids is 2. The lowest BCUT2D eigenvalue weighted by molar-refractivity contribution is -0.122. The summed E-state index contributed by atoms with van der Waals surface area (Å²) in [7, 11) is 0. The molecule has 7 nitrogen and oxygen atoms in total. The molecule has 0 radical (unpaired) electrons. The fraction of sp³-hybridized carbons (Fsp3) is 0.111. The van der Waals surface area contributed by atoms with Crippen LogP contribution in [-0.2, 0) is 11.3 Å². The van der Waals surface area contributed by atoms with E-state index in [9.17, 15) is 14.4 Å². The Morgan fingerprint density at radius 2 is 1.76 bits per heavy atom. The van der Waals surface area contributed by atoms with E-state index in [1.54, 1.807) is 49.4 Å². The van der Waals surface area contributed by atoms with Crippen molar-refractivity contribution >= 4 is 22.7 Å². The number of nitrogens with one attached hydrogen (secondary N) is 2. The Bertz CT molecular complexity index is 1010. The molecule has 0 saturated carbocycles. The smallest absolute Gasteiger partial charge is 0.269 e. The molecule has 2 aromatic carbocycles. The number of aryl methyl sites for hydroxylation is 1. The first-order valence-electron chi connectivity index (χ1n) is 7.65. The highest BCUT2D eigenvalue weighted by atomic mass is 16.2. The van der Waals surface area contributed by atoms with Crippen molar-refractivity contribution in [1.82, 2.24) is 20.4 Å². The number of amides is 2. The first kappa shape index (κ1) is 16.4. The summed E-state index contributed by atoms with van der Waals surface area (Å²) in [4.78, 5) is 40.5. The number of carbonyl (C=O) groups is 2. The molecule has 0 saturated heterocycles. The van der Waals surface area contributed by atoms with Gasteiger partial charge in [-0.2, -0.15) is 0 Å². The Morgan fingerprint density at radius 1 is 1.04 bits per heavy atom. The summed E-state index contributed by atoms with van der Waals surface area (Å²) in [5, 5.41) is 0.432. The van der Waals surface area contributed by atoms with E-state index in [2.05, 4.69) is 15.8 Å². The topological polar surface area (TPSA) is 93.1 Å². The van der Waals surface area contributed by atoms with Crippen molar-refractivity contribution in [3.05, 3.63) is 76.3 Å². The quantitative estimate of drug-likeness (QED) is 0.702. The van der Waals surface area contributed by atoms with E-state index in [1.807, 2.05) is 6.07 Å². The van der Waals surface area contributed by atoms with Crippen LogP contribution in [0.15, 0.2) is 59.7 Å². The van der Waals surface area contributed by atoms with E-state index in [1.165, 1.54) is 10.9 Å². The lowest BCUT2D eigenvalue weighted by atomic mass is 10.1. The summed E-state index contributed by atoms with van der Waals surface area (Å²) in [6.45, 7) is 1.56. The molecule has 25 heavy (non-hydrogen) atoms. The van der Waals surface area contributed by atoms with Crippen molar-refractivity contribution in [2.75, 3.05) is 0 Å². The first-order chi connectivity index (χ1) is 12.1. The van der Waals surface area contributed by atoms with Gasteiger partial charge in [-0.25, -0.2) is 4.98 Å². The number of para-hydroxylation sites is 1. The van der Waals surface area contributed by atoms with Gasteiger partial charge in [0.2, 0.25) is 0 Å². The van der Waals surface area contributed by atoms with Crippen molar-refractivity contribution in [3.8, 4) is 0 Å². The molecule has 7 heteroatoms. The molecule has 2 amide bonds. The number of rotatable bonds is 3. The fourth-order valence-corrected chi connectivity index (χ4v) is 2.43. The van der Waals surface area contributed by atoms with Crippen LogP contribution in [0.2, 0.25) is 0 Å². The van der Waals surface area contributed by atoms with Crippen molar-refractivity contribution < 1.29 is 9.59 Å². The Labute approximate surface area is 143 Å². The van der Waals surface area contributed by atoms with Gasteiger partial charge in [-0.15, -0.1) is 0 Å². The molecule has 2 N–H and O–H groups in total. The summed E-state index contributed by atoms with van der Waals surface area (Å²) in [6.07, 6.45) is 1.31. The zero-order valence-corrected chi connectivity index (χ0v) is 13.5. The van der Waals surface area contributed by atoms with Crippen LogP contribution in [0.3, 0.4) is 0 Å². The largest absolute Gasteiger partial charge is 0.289 e. The number of benzene rings is 2. The molecule has 0 atom stereocenters. The number of fused-ring (bicyclic) bond motifs is 1. The molecule has 126 valence electrons. The molecule has 0 bridgehead atoms. The normalized spacial score (nSPS) is 10.4. The molecular weight excluding hydrogens is 320 g/mol. The molecule has 0 fully saturated rings. The minimum Gasteiger partial charge on any atom is -0.289 e. The second kappa shape index (κ2) is 6.96. The van der Waals surface area contributed by atoms with Crippen LogP contribution >= 0.6 is 0 Å². The third-order valence-electron chi connectivity index (χ3n) is 3.75. The van der Waals surface area contributed by atoms with Crippen LogP contribution in [0, 0.1) is 6.92 Å². The van der Waals surface area contributed by atoms with Gasteiger partial charge in [0, 0.05) is 5.56 Å². The summed E-state index contributed by atoms with van der Waals surface area (Å²) >= 11 is 0. The third kappa shape index (κ3) is 3.55. The van der Waals surface area contributed by atoms with Crippen LogP contribution in [-0.4, -0.2) is 21.4 Å². The minimum atomic E-state index is -0.527. The maximum absolute atomic E-state index is 12.3. The monoisotopic (exact) mass is 336 g/mol. The van der Waals surface area contributed by atoms with Gasteiger partial charge in [0.15, 0.2) is 0 Å². The average Bonchev–Trinajstić information content (AvgIpc) is 2.63.